The lowest BCUT2D eigenvalue weighted by molar-refractivity contribution is -0.156. The van der Waals surface area contributed by atoms with Crippen molar-refractivity contribution in [2.45, 2.75) is 39.3 Å². The lowest BCUT2D eigenvalue weighted by Crippen LogP contribution is -2.42. The highest BCUT2D eigenvalue weighted by Gasteiger charge is 2.23. The molecule has 1 rings (SSSR count). The second kappa shape index (κ2) is 5.67. The monoisotopic (exact) mass is 249 g/mol. The molecule has 1 N–H and O–H groups in total. The number of benzene rings is 1. The van der Waals surface area contributed by atoms with Gasteiger partial charge in [0.05, 0.1) is 0 Å². The molecule has 0 aromatic heterocycles. The van der Waals surface area contributed by atoms with Crippen LogP contribution in [0.1, 0.15) is 38.1 Å². The van der Waals surface area contributed by atoms with Crippen LogP contribution >= 0.6 is 0 Å². The van der Waals surface area contributed by atoms with Crippen molar-refractivity contribution in [1.29, 1.82) is 0 Å². The van der Waals surface area contributed by atoms with Gasteiger partial charge in [-0.25, -0.2) is 4.79 Å². The van der Waals surface area contributed by atoms with E-state index in [9.17, 15) is 9.59 Å². The molecule has 1 aromatic rings. The maximum atomic E-state index is 11.8. The first kappa shape index (κ1) is 14.2. The van der Waals surface area contributed by atoms with E-state index < -0.39 is 17.6 Å². The van der Waals surface area contributed by atoms with Gasteiger partial charge in [-0.2, -0.15) is 0 Å². The van der Waals surface area contributed by atoms with Crippen molar-refractivity contribution in [3.63, 3.8) is 0 Å². The van der Waals surface area contributed by atoms with Gasteiger partial charge in [-0.3, -0.25) is 4.79 Å². The third kappa shape index (κ3) is 4.57. The average molecular weight is 249 g/mol. The van der Waals surface area contributed by atoms with Crippen LogP contribution in [-0.2, 0) is 9.53 Å². The molecule has 4 heteroatoms. The van der Waals surface area contributed by atoms with E-state index >= 15 is 0 Å². The van der Waals surface area contributed by atoms with Gasteiger partial charge in [0.25, 0.3) is 5.91 Å². The summed E-state index contributed by atoms with van der Waals surface area (Å²) < 4.78 is 5.18. The van der Waals surface area contributed by atoms with Crippen molar-refractivity contribution in [3.05, 3.63) is 35.9 Å². The minimum Gasteiger partial charge on any atom is -0.458 e. The fraction of sp³-hybridized carbons (Fsp3) is 0.429. The van der Waals surface area contributed by atoms with E-state index in [1.165, 1.54) is 0 Å². The van der Waals surface area contributed by atoms with Crippen LogP contribution in [-0.4, -0.2) is 23.5 Å². The Balaban J connectivity index is 2.58. The highest BCUT2D eigenvalue weighted by Crippen LogP contribution is 2.08. The molecule has 0 aliphatic heterocycles. The molecular formula is C14H19NO3. The fourth-order valence-electron chi connectivity index (χ4n) is 1.32. The molecule has 0 spiro atoms. The van der Waals surface area contributed by atoms with E-state index in [4.69, 9.17) is 4.74 Å². The molecule has 1 atom stereocenters. The minimum atomic E-state index is -0.670. The molecule has 0 bridgehead atoms. The van der Waals surface area contributed by atoms with Crippen LogP contribution in [0.5, 0.6) is 0 Å². The summed E-state index contributed by atoms with van der Waals surface area (Å²) in [4.78, 5) is 23.5. The van der Waals surface area contributed by atoms with Gasteiger partial charge in [0.15, 0.2) is 0 Å². The summed E-state index contributed by atoms with van der Waals surface area (Å²) in [7, 11) is 0. The summed E-state index contributed by atoms with van der Waals surface area (Å²) in [6.45, 7) is 6.97. The molecule has 4 nitrogen and oxygen atoms in total. The molecule has 0 radical (unpaired) electrons. The number of hydrogen-bond donors (Lipinski definition) is 1. The Labute approximate surface area is 107 Å². The first-order valence-electron chi connectivity index (χ1n) is 5.88. The van der Waals surface area contributed by atoms with Crippen molar-refractivity contribution in [1.82, 2.24) is 5.32 Å². The van der Waals surface area contributed by atoms with Crippen molar-refractivity contribution >= 4 is 11.9 Å². The summed E-state index contributed by atoms with van der Waals surface area (Å²) in [5.74, 6) is -0.722. The fourth-order valence-corrected chi connectivity index (χ4v) is 1.32. The van der Waals surface area contributed by atoms with Crippen LogP contribution in [0.3, 0.4) is 0 Å². The second-order valence-electron chi connectivity index (χ2n) is 5.09. The maximum absolute atomic E-state index is 11.8. The van der Waals surface area contributed by atoms with Gasteiger partial charge in [-0.05, 0) is 39.8 Å². The summed E-state index contributed by atoms with van der Waals surface area (Å²) in [6.07, 6.45) is 0. The van der Waals surface area contributed by atoms with Crippen molar-refractivity contribution in [2.24, 2.45) is 0 Å². The molecule has 0 unspecified atom stereocenters. The molecule has 0 saturated heterocycles. The predicted octanol–water partition coefficient (Wildman–Crippen LogP) is 2.15. The third-order valence-electron chi connectivity index (χ3n) is 2.14. The number of ether oxygens (including phenoxy) is 1. The maximum Gasteiger partial charge on any atom is 0.328 e. The zero-order valence-corrected chi connectivity index (χ0v) is 11.2. The van der Waals surface area contributed by atoms with Crippen LogP contribution in [0, 0.1) is 0 Å². The van der Waals surface area contributed by atoms with Gasteiger partial charge in [-0.15, -0.1) is 0 Å². The number of rotatable bonds is 3. The van der Waals surface area contributed by atoms with E-state index in [0.717, 1.165) is 0 Å². The van der Waals surface area contributed by atoms with Gasteiger partial charge in [0.2, 0.25) is 0 Å². The Morgan fingerprint density at radius 2 is 1.72 bits per heavy atom. The predicted molar refractivity (Wildman–Crippen MR) is 69.2 cm³/mol. The van der Waals surface area contributed by atoms with E-state index in [2.05, 4.69) is 5.32 Å². The minimum absolute atomic E-state index is 0.283. The van der Waals surface area contributed by atoms with Gasteiger partial charge in [0.1, 0.15) is 11.6 Å². The first-order chi connectivity index (χ1) is 8.29. The summed E-state index contributed by atoms with van der Waals surface area (Å²) in [5.41, 5.74) is -0.0315. The average Bonchev–Trinajstić information content (AvgIpc) is 2.27. The van der Waals surface area contributed by atoms with Gasteiger partial charge < -0.3 is 10.1 Å². The number of carbonyl (C=O) groups is 2. The highest BCUT2D eigenvalue weighted by atomic mass is 16.6. The normalized spacial score (nSPS) is 12.7. The summed E-state index contributed by atoms with van der Waals surface area (Å²) in [6, 6.07) is 8.08. The van der Waals surface area contributed by atoms with Gasteiger partial charge in [-0.1, -0.05) is 18.2 Å². The number of nitrogens with one attached hydrogen (secondary N) is 1. The van der Waals surface area contributed by atoms with Crippen LogP contribution in [0.4, 0.5) is 0 Å². The van der Waals surface area contributed by atoms with Crippen molar-refractivity contribution < 1.29 is 14.3 Å². The molecule has 0 saturated carbocycles. The van der Waals surface area contributed by atoms with E-state index in [0.29, 0.717) is 5.56 Å². The Morgan fingerprint density at radius 3 is 2.22 bits per heavy atom. The van der Waals surface area contributed by atoms with Crippen LogP contribution in [0.2, 0.25) is 0 Å². The molecule has 18 heavy (non-hydrogen) atoms. The Hall–Kier alpha value is -1.84. The Bertz CT molecular complexity index is 420. The standard InChI is InChI=1S/C14H19NO3/c1-10(13(17)18-14(2,3)4)15-12(16)11-8-6-5-7-9-11/h5-10H,1-4H3,(H,15,16)/t10-/m1/s1. The van der Waals surface area contributed by atoms with Crippen LogP contribution in [0.15, 0.2) is 30.3 Å². The Kier molecular flexibility index (Phi) is 4.48. The summed E-state index contributed by atoms with van der Waals surface area (Å²) >= 11 is 0. The number of amides is 1. The summed E-state index contributed by atoms with van der Waals surface area (Å²) in [5, 5.41) is 2.61. The number of carbonyl (C=O) groups excluding carboxylic acids is 2. The zero-order chi connectivity index (χ0) is 13.8. The van der Waals surface area contributed by atoms with Crippen LogP contribution in [0.25, 0.3) is 0 Å². The van der Waals surface area contributed by atoms with Crippen molar-refractivity contribution in [2.75, 3.05) is 0 Å². The third-order valence-corrected chi connectivity index (χ3v) is 2.14. The molecule has 1 aromatic carbocycles. The Morgan fingerprint density at radius 1 is 1.17 bits per heavy atom. The SMILES string of the molecule is C[C@@H](NC(=O)c1ccccc1)C(=O)OC(C)(C)C. The van der Waals surface area contributed by atoms with Gasteiger partial charge in [0, 0.05) is 5.56 Å². The van der Waals surface area contributed by atoms with Gasteiger partial charge >= 0.3 is 5.97 Å². The molecule has 98 valence electrons. The van der Waals surface area contributed by atoms with Crippen molar-refractivity contribution in [3.8, 4) is 0 Å². The van der Waals surface area contributed by atoms with Crippen LogP contribution < -0.4 is 5.32 Å². The highest BCUT2D eigenvalue weighted by molar-refractivity contribution is 5.96. The molecule has 0 aliphatic carbocycles. The molecular weight excluding hydrogens is 230 g/mol. The molecule has 1 amide bonds. The molecule has 0 aliphatic rings. The lowest BCUT2D eigenvalue weighted by Gasteiger charge is -2.22. The molecule has 0 fully saturated rings. The second-order valence-corrected chi connectivity index (χ2v) is 5.09. The number of esters is 1. The number of hydrogen-bond acceptors (Lipinski definition) is 3. The molecule has 0 heterocycles. The van der Waals surface area contributed by atoms with E-state index in [1.54, 1.807) is 52.0 Å². The largest absolute Gasteiger partial charge is 0.458 e. The topological polar surface area (TPSA) is 55.4 Å². The quantitative estimate of drug-likeness (QED) is 0.835. The lowest BCUT2D eigenvalue weighted by atomic mass is 10.2. The first-order valence-corrected chi connectivity index (χ1v) is 5.88. The van der Waals surface area contributed by atoms with E-state index in [1.807, 2.05) is 6.07 Å². The van der Waals surface area contributed by atoms with E-state index in [-0.39, 0.29) is 5.91 Å². The zero-order valence-electron chi connectivity index (χ0n) is 11.2. The smallest absolute Gasteiger partial charge is 0.328 e.